The summed E-state index contributed by atoms with van der Waals surface area (Å²) in [6, 6.07) is 9.91. The van der Waals surface area contributed by atoms with Crippen molar-refractivity contribution in [2.24, 2.45) is 0 Å². The number of anilines is 1. The van der Waals surface area contributed by atoms with Crippen LogP contribution in [0.2, 0.25) is 5.02 Å². The Bertz CT molecular complexity index is 1120. The van der Waals surface area contributed by atoms with Crippen LogP contribution in [0.1, 0.15) is 12.0 Å². The van der Waals surface area contributed by atoms with Crippen molar-refractivity contribution in [3.05, 3.63) is 75.7 Å². The molecule has 0 spiro atoms. The van der Waals surface area contributed by atoms with Gasteiger partial charge in [0.2, 0.25) is 0 Å². The van der Waals surface area contributed by atoms with Gasteiger partial charge >= 0.3 is 11.9 Å². The number of aliphatic carboxylic acids is 2. The lowest BCUT2D eigenvalue weighted by Crippen LogP contribution is -2.43. The van der Waals surface area contributed by atoms with Gasteiger partial charge in [0, 0.05) is 51.5 Å². The van der Waals surface area contributed by atoms with Crippen molar-refractivity contribution in [1.29, 1.82) is 0 Å². The lowest BCUT2D eigenvalue weighted by molar-refractivity contribution is -0.134. The van der Waals surface area contributed by atoms with Gasteiger partial charge in [-0.2, -0.15) is 5.10 Å². The molecule has 0 unspecified atom stereocenters. The van der Waals surface area contributed by atoms with Gasteiger partial charge in [-0.1, -0.05) is 54.1 Å². The lowest BCUT2D eigenvalue weighted by Gasteiger charge is -2.31. The van der Waals surface area contributed by atoms with E-state index in [9.17, 15) is 19.5 Å². The molecule has 1 aromatic heterocycles. The molecule has 1 saturated heterocycles. The van der Waals surface area contributed by atoms with Crippen LogP contribution in [-0.4, -0.2) is 94.5 Å². The van der Waals surface area contributed by atoms with Crippen molar-refractivity contribution in [3.63, 3.8) is 0 Å². The molecule has 0 bridgehead atoms. The summed E-state index contributed by atoms with van der Waals surface area (Å²) < 4.78 is 6.82. The zero-order valence-corrected chi connectivity index (χ0v) is 21.7. The Balaban J connectivity index is 0.000000550. The summed E-state index contributed by atoms with van der Waals surface area (Å²) in [5.41, 5.74) is 1.29. The first kappa shape index (κ1) is 30.7. The molecule has 0 saturated carbocycles. The van der Waals surface area contributed by atoms with Crippen molar-refractivity contribution < 1.29 is 29.6 Å². The first-order chi connectivity index (χ1) is 18.3. The van der Waals surface area contributed by atoms with Gasteiger partial charge in [0.05, 0.1) is 31.0 Å². The lowest BCUT2D eigenvalue weighted by atomic mass is 10.2. The largest absolute Gasteiger partial charge is 0.478 e. The topological polar surface area (TPSA) is 145 Å². The third kappa shape index (κ3) is 11.3. The van der Waals surface area contributed by atoms with Crippen LogP contribution < -0.4 is 10.5 Å². The Hall–Kier alpha value is -3.51. The van der Waals surface area contributed by atoms with Gasteiger partial charge in [-0.25, -0.2) is 14.3 Å². The molecule has 1 aromatic carbocycles. The second-order valence-electron chi connectivity index (χ2n) is 8.17. The predicted octanol–water partition coefficient (Wildman–Crippen LogP) is 1.84. The SMILES string of the molecule is O=C(O)/C=C/C(=O)O.O=c1c(N(CCCO)CCN2CCOCC2)c(Cl)cnn1C/C=C/c1ccccc1. The first-order valence-corrected chi connectivity index (χ1v) is 12.5. The molecule has 12 heteroatoms. The Morgan fingerprint density at radius 3 is 2.34 bits per heavy atom. The highest BCUT2D eigenvalue weighted by Gasteiger charge is 2.19. The van der Waals surface area contributed by atoms with Crippen molar-refractivity contribution >= 4 is 35.3 Å². The molecule has 11 nitrogen and oxygen atoms in total. The number of hydrogen-bond donors (Lipinski definition) is 3. The Kier molecular flexibility index (Phi) is 13.8. The average Bonchev–Trinajstić information content (AvgIpc) is 2.91. The van der Waals surface area contributed by atoms with Crippen molar-refractivity contribution in [3.8, 4) is 0 Å². The minimum absolute atomic E-state index is 0.0603. The van der Waals surface area contributed by atoms with E-state index in [-0.39, 0.29) is 12.2 Å². The number of carboxylic acid groups (broad SMARTS) is 2. The molecule has 38 heavy (non-hydrogen) atoms. The van der Waals surface area contributed by atoms with Crippen LogP contribution in [-0.2, 0) is 20.9 Å². The molecular formula is C26H33ClN4O7. The van der Waals surface area contributed by atoms with E-state index in [0.29, 0.717) is 48.9 Å². The summed E-state index contributed by atoms with van der Waals surface area (Å²) in [6.45, 7) is 5.65. The van der Waals surface area contributed by atoms with E-state index in [0.717, 1.165) is 38.4 Å². The minimum Gasteiger partial charge on any atom is -0.478 e. The summed E-state index contributed by atoms with van der Waals surface area (Å²) in [7, 11) is 0. The monoisotopic (exact) mass is 548 g/mol. The number of morpholine rings is 1. The molecule has 0 aliphatic carbocycles. The molecule has 206 valence electrons. The zero-order chi connectivity index (χ0) is 27.8. The number of hydrogen-bond acceptors (Lipinski definition) is 8. The van der Waals surface area contributed by atoms with Crippen molar-refractivity contribution in [2.45, 2.75) is 13.0 Å². The van der Waals surface area contributed by atoms with Gasteiger partial charge in [0.15, 0.2) is 0 Å². The van der Waals surface area contributed by atoms with Gasteiger partial charge in [-0.15, -0.1) is 0 Å². The van der Waals surface area contributed by atoms with E-state index in [1.165, 1.54) is 10.9 Å². The molecule has 0 amide bonds. The fourth-order valence-electron chi connectivity index (χ4n) is 3.55. The van der Waals surface area contributed by atoms with Crippen molar-refractivity contribution in [2.75, 3.05) is 57.4 Å². The van der Waals surface area contributed by atoms with E-state index in [2.05, 4.69) is 10.00 Å². The first-order valence-electron chi connectivity index (χ1n) is 12.1. The smallest absolute Gasteiger partial charge is 0.328 e. The van der Waals surface area contributed by atoms with E-state index < -0.39 is 11.9 Å². The molecule has 0 radical (unpaired) electrons. The maximum atomic E-state index is 13.1. The number of ether oxygens (including phenoxy) is 1. The zero-order valence-electron chi connectivity index (χ0n) is 21.0. The number of rotatable bonds is 12. The Labute approximate surface area is 225 Å². The highest BCUT2D eigenvalue weighted by Crippen LogP contribution is 2.20. The number of carboxylic acids is 2. The quantitative estimate of drug-likeness (QED) is 0.336. The molecule has 3 N–H and O–H groups in total. The fourth-order valence-corrected chi connectivity index (χ4v) is 3.80. The molecule has 3 rings (SSSR count). The minimum atomic E-state index is -1.26. The normalized spacial score (nSPS) is 13.8. The number of allylic oxidation sites excluding steroid dienone is 1. The van der Waals surface area contributed by atoms with Crippen LogP contribution in [0.25, 0.3) is 6.08 Å². The summed E-state index contributed by atoms with van der Waals surface area (Å²) in [5, 5.41) is 29.5. The number of aliphatic hydroxyl groups excluding tert-OH is 1. The van der Waals surface area contributed by atoms with Crippen LogP contribution in [0.15, 0.2) is 59.6 Å². The molecule has 0 atom stereocenters. The van der Waals surface area contributed by atoms with E-state index in [4.69, 9.17) is 26.6 Å². The number of halogens is 1. The summed E-state index contributed by atoms with van der Waals surface area (Å²) >= 11 is 6.39. The summed E-state index contributed by atoms with van der Waals surface area (Å²) in [5.74, 6) is -2.51. The van der Waals surface area contributed by atoms with Gasteiger partial charge in [0.1, 0.15) is 5.69 Å². The number of nitrogens with zero attached hydrogens (tertiary/aromatic N) is 4. The summed E-state index contributed by atoms with van der Waals surface area (Å²) in [6.07, 6.45) is 7.08. The number of aliphatic hydroxyl groups is 1. The highest BCUT2D eigenvalue weighted by atomic mass is 35.5. The van der Waals surface area contributed by atoms with Gasteiger partial charge in [-0.05, 0) is 12.0 Å². The predicted molar refractivity (Wildman–Crippen MR) is 145 cm³/mol. The van der Waals surface area contributed by atoms with Gasteiger partial charge < -0.3 is 25.0 Å². The highest BCUT2D eigenvalue weighted by molar-refractivity contribution is 6.33. The maximum absolute atomic E-state index is 13.1. The molecule has 2 aromatic rings. The van der Waals surface area contributed by atoms with Crippen LogP contribution in [0.3, 0.4) is 0 Å². The van der Waals surface area contributed by atoms with Gasteiger partial charge in [-0.3, -0.25) is 9.69 Å². The molecule has 1 fully saturated rings. The molecule has 1 aliphatic rings. The maximum Gasteiger partial charge on any atom is 0.328 e. The van der Waals surface area contributed by atoms with Crippen molar-refractivity contribution in [1.82, 2.24) is 14.7 Å². The number of carbonyl (C=O) groups is 2. The standard InChI is InChI=1S/C22H29ClN4O3.C4H4O4/c23-20-18-24-27(10-4-8-19-6-2-1-3-7-19)22(29)21(20)26(9-5-15-28)12-11-25-13-16-30-17-14-25;5-3(6)1-2-4(7)8/h1-4,6-8,18,28H,5,9-17H2;1-2H,(H,5,6)(H,7,8)/b8-4+;2-1+. The number of aromatic nitrogens is 2. The third-order valence-corrected chi connectivity index (χ3v) is 5.70. The second-order valence-corrected chi connectivity index (χ2v) is 8.58. The Morgan fingerprint density at radius 2 is 1.74 bits per heavy atom. The van der Waals surface area contributed by atoms with Crippen LogP contribution >= 0.6 is 11.6 Å². The van der Waals surface area contributed by atoms with Gasteiger partial charge in [0.25, 0.3) is 5.56 Å². The van der Waals surface area contributed by atoms with E-state index in [1.807, 2.05) is 47.4 Å². The van der Waals surface area contributed by atoms with Crippen LogP contribution in [0.5, 0.6) is 0 Å². The second kappa shape index (κ2) is 17.1. The van der Waals surface area contributed by atoms with E-state index in [1.54, 1.807) is 0 Å². The van der Waals surface area contributed by atoms with Crippen LogP contribution in [0, 0.1) is 0 Å². The summed E-state index contributed by atoms with van der Waals surface area (Å²) in [4.78, 5) is 36.5. The fraction of sp³-hybridized carbons (Fsp3) is 0.385. The number of benzene rings is 1. The molecule has 1 aliphatic heterocycles. The molecule has 2 heterocycles. The third-order valence-electron chi connectivity index (χ3n) is 5.42. The molecular weight excluding hydrogens is 516 g/mol. The van der Waals surface area contributed by atoms with Crippen LogP contribution in [0.4, 0.5) is 5.69 Å². The average molecular weight is 549 g/mol. The Morgan fingerprint density at radius 1 is 1.08 bits per heavy atom. The van der Waals surface area contributed by atoms with E-state index >= 15 is 0 Å².